The molecule has 0 spiro atoms. The van der Waals surface area contributed by atoms with Crippen LogP contribution >= 0.6 is 27.3 Å². The minimum atomic E-state index is -3.97. The van der Waals surface area contributed by atoms with E-state index in [0.29, 0.717) is 10.2 Å². The highest BCUT2D eigenvalue weighted by molar-refractivity contribution is 9.10. The number of rotatable bonds is 4. The van der Waals surface area contributed by atoms with E-state index in [-0.39, 0.29) is 12.1 Å². The fourth-order valence-corrected chi connectivity index (χ4v) is 4.01. The van der Waals surface area contributed by atoms with E-state index in [9.17, 15) is 12.8 Å². The maximum Gasteiger partial charge on any atom is 0.264 e. The van der Waals surface area contributed by atoms with Crippen molar-refractivity contribution < 1.29 is 12.8 Å². The highest BCUT2D eigenvalue weighted by atomic mass is 79.9. The molecule has 19 heavy (non-hydrogen) atoms. The van der Waals surface area contributed by atoms with Crippen molar-refractivity contribution in [2.45, 2.75) is 11.4 Å². The zero-order valence-corrected chi connectivity index (χ0v) is 12.8. The molecule has 8 heteroatoms. The normalized spacial score (nSPS) is 11.5. The molecular weight excluding hydrogens is 355 g/mol. The average Bonchev–Trinajstić information content (AvgIpc) is 2.83. The summed E-state index contributed by atoms with van der Waals surface area (Å²) in [7, 11) is -3.97. The summed E-state index contributed by atoms with van der Waals surface area (Å²) in [6.07, 6.45) is 0. The molecule has 0 bridgehead atoms. The Hall–Kier alpha value is -0.960. The summed E-state index contributed by atoms with van der Waals surface area (Å²) in [5.74, 6) is -0.826. The zero-order chi connectivity index (χ0) is 14.0. The van der Waals surface area contributed by atoms with E-state index < -0.39 is 20.7 Å². The van der Waals surface area contributed by atoms with Crippen LogP contribution in [0.1, 0.15) is 5.56 Å². The Bertz CT molecular complexity index is 687. The molecule has 0 radical (unpaired) electrons. The largest absolute Gasteiger partial charge is 0.326 e. The van der Waals surface area contributed by atoms with E-state index in [1.165, 1.54) is 23.5 Å². The first kappa shape index (κ1) is 14.4. The predicted octanol–water partition coefficient (Wildman–Crippen LogP) is 2.91. The van der Waals surface area contributed by atoms with Crippen molar-refractivity contribution in [3.63, 3.8) is 0 Å². The number of anilines is 1. The summed E-state index contributed by atoms with van der Waals surface area (Å²) >= 11 is 4.49. The lowest BCUT2D eigenvalue weighted by Gasteiger charge is -2.10. The van der Waals surface area contributed by atoms with Gasteiger partial charge in [0.05, 0.1) is 5.69 Å². The number of thiophene rings is 1. The standard InChI is InChI=1S/C11H10BrFN2O2S2/c12-8-3-7(5-14)11(13)10(4-8)19(16,17)15-9-1-2-18-6-9/h1-4,6,15H,5,14H2. The predicted molar refractivity (Wildman–Crippen MR) is 77.1 cm³/mol. The molecule has 0 fully saturated rings. The molecule has 1 aromatic heterocycles. The van der Waals surface area contributed by atoms with Crippen LogP contribution in [0.4, 0.5) is 10.1 Å². The van der Waals surface area contributed by atoms with Gasteiger partial charge in [-0.3, -0.25) is 4.72 Å². The zero-order valence-electron chi connectivity index (χ0n) is 9.56. The van der Waals surface area contributed by atoms with Crippen molar-refractivity contribution >= 4 is 43.0 Å². The summed E-state index contributed by atoms with van der Waals surface area (Å²) in [4.78, 5) is -0.423. The van der Waals surface area contributed by atoms with E-state index in [1.54, 1.807) is 16.8 Å². The number of hydrogen-bond donors (Lipinski definition) is 2. The van der Waals surface area contributed by atoms with Crippen LogP contribution in [-0.2, 0) is 16.6 Å². The second-order valence-corrected chi connectivity index (χ2v) is 7.05. The smallest absolute Gasteiger partial charge is 0.264 e. The molecule has 0 aliphatic carbocycles. The minimum Gasteiger partial charge on any atom is -0.326 e. The highest BCUT2D eigenvalue weighted by Gasteiger charge is 2.22. The molecule has 0 saturated carbocycles. The Kier molecular flexibility index (Phi) is 4.24. The third kappa shape index (κ3) is 3.14. The van der Waals surface area contributed by atoms with Gasteiger partial charge in [0, 0.05) is 22.0 Å². The van der Waals surface area contributed by atoms with Crippen LogP contribution in [0.25, 0.3) is 0 Å². The topological polar surface area (TPSA) is 72.2 Å². The van der Waals surface area contributed by atoms with Crippen molar-refractivity contribution in [1.29, 1.82) is 0 Å². The second-order valence-electron chi connectivity index (χ2n) is 3.70. The molecule has 2 rings (SSSR count). The van der Waals surface area contributed by atoms with Crippen LogP contribution in [0.2, 0.25) is 0 Å². The quantitative estimate of drug-likeness (QED) is 0.875. The lowest BCUT2D eigenvalue weighted by molar-refractivity contribution is 0.560. The lowest BCUT2D eigenvalue weighted by Crippen LogP contribution is -2.16. The fourth-order valence-electron chi connectivity index (χ4n) is 1.50. The van der Waals surface area contributed by atoms with Gasteiger partial charge in [0.2, 0.25) is 0 Å². The SMILES string of the molecule is NCc1cc(Br)cc(S(=O)(=O)Nc2ccsc2)c1F. The summed E-state index contributed by atoms with van der Waals surface area (Å²) in [5.41, 5.74) is 5.93. The Balaban J connectivity index is 2.48. The molecule has 0 atom stereocenters. The van der Waals surface area contributed by atoms with Crippen molar-refractivity contribution in [3.05, 3.63) is 44.8 Å². The van der Waals surface area contributed by atoms with Gasteiger partial charge in [0.15, 0.2) is 0 Å². The van der Waals surface area contributed by atoms with Gasteiger partial charge in [-0.05, 0) is 23.6 Å². The van der Waals surface area contributed by atoms with Gasteiger partial charge in [0.25, 0.3) is 10.0 Å². The number of halogens is 2. The maximum atomic E-state index is 14.1. The average molecular weight is 365 g/mol. The van der Waals surface area contributed by atoms with Crippen LogP contribution in [0.5, 0.6) is 0 Å². The third-order valence-electron chi connectivity index (χ3n) is 2.36. The Morgan fingerprint density at radius 3 is 2.74 bits per heavy atom. The van der Waals surface area contributed by atoms with Crippen LogP contribution in [0, 0.1) is 5.82 Å². The van der Waals surface area contributed by atoms with Gasteiger partial charge >= 0.3 is 0 Å². The van der Waals surface area contributed by atoms with Crippen LogP contribution < -0.4 is 10.5 Å². The molecule has 0 unspecified atom stereocenters. The summed E-state index contributed by atoms with van der Waals surface area (Å²) in [6.45, 7) is -0.0771. The van der Waals surface area contributed by atoms with Crippen LogP contribution in [-0.4, -0.2) is 8.42 Å². The Morgan fingerprint density at radius 1 is 1.42 bits per heavy atom. The van der Waals surface area contributed by atoms with Crippen molar-refractivity contribution in [2.75, 3.05) is 4.72 Å². The molecule has 2 aromatic rings. The monoisotopic (exact) mass is 364 g/mol. The molecule has 3 N–H and O–H groups in total. The molecule has 4 nitrogen and oxygen atoms in total. The van der Waals surface area contributed by atoms with Gasteiger partial charge < -0.3 is 5.73 Å². The van der Waals surface area contributed by atoms with Crippen molar-refractivity contribution in [2.24, 2.45) is 5.73 Å². The number of nitrogens with one attached hydrogen (secondary N) is 1. The Labute approximate surface area is 122 Å². The maximum absolute atomic E-state index is 14.1. The number of benzene rings is 1. The number of nitrogens with two attached hydrogens (primary N) is 1. The lowest BCUT2D eigenvalue weighted by atomic mass is 10.2. The summed E-state index contributed by atoms with van der Waals surface area (Å²) < 4.78 is 41.1. The van der Waals surface area contributed by atoms with Gasteiger partial charge in [-0.15, -0.1) is 0 Å². The second kappa shape index (κ2) is 5.58. The van der Waals surface area contributed by atoms with E-state index in [4.69, 9.17) is 5.73 Å². The molecule has 0 aliphatic heterocycles. The van der Waals surface area contributed by atoms with E-state index in [2.05, 4.69) is 20.7 Å². The molecule has 1 aromatic carbocycles. The van der Waals surface area contributed by atoms with Gasteiger partial charge in [-0.25, -0.2) is 12.8 Å². The van der Waals surface area contributed by atoms with Crippen LogP contribution in [0.15, 0.2) is 38.3 Å². The number of hydrogen-bond acceptors (Lipinski definition) is 4. The van der Waals surface area contributed by atoms with Gasteiger partial charge in [-0.2, -0.15) is 11.3 Å². The van der Waals surface area contributed by atoms with E-state index in [0.717, 1.165) is 0 Å². The molecule has 0 saturated heterocycles. The fraction of sp³-hybridized carbons (Fsp3) is 0.0909. The first-order chi connectivity index (χ1) is 8.94. The summed E-state index contributed by atoms with van der Waals surface area (Å²) in [5, 5.41) is 3.34. The summed E-state index contributed by atoms with van der Waals surface area (Å²) in [6, 6.07) is 4.27. The van der Waals surface area contributed by atoms with Crippen molar-refractivity contribution in [1.82, 2.24) is 0 Å². The van der Waals surface area contributed by atoms with Crippen LogP contribution in [0.3, 0.4) is 0 Å². The molecule has 1 heterocycles. The molecular formula is C11H10BrFN2O2S2. The van der Waals surface area contributed by atoms with Crippen molar-refractivity contribution in [3.8, 4) is 0 Å². The van der Waals surface area contributed by atoms with E-state index >= 15 is 0 Å². The third-order valence-corrected chi connectivity index (χ3v) is 4.88. The highest BCUT2D eigenvalue weighted by Crippen LogP contribution is 2.26. The first-order valence-electron chi connectivity index (χ1n) is 5.17. The Morgan fingerprint density at radius 2 is 2.16 bits per heavy atom. The molecule has 0 amide bonds. The van der Waals surface area contributed by atoms with Gasteiger partial charge in [0.1, 0.15) is 10.7 Å². The van der Waals surface area contributed by atoms with Gasteiger partial charge in [-0.1, -0.05) is 15.9 Å². The number of sulfonamides is 1. The van der Waals surface area contributed by atoms with E-state index in [1.807, 2.05) is 0 Å². The first-order valence-corrected chi connectivity index (χ1v) is 8.39. The minimum absolute atomic E-state index is 0.0771. The molecule has 0 aliphatic rings. The molecule has 102 valence electrons.